The van der Waals surface area contributed by atoms with E-state index in [1.165, 1.54) is 5.56 Å². The standard InChI is InChI=1S/C13H14BrNO/c1-10-4-5-11(12(14)8-10)13(15-9-16)6-2-3-7-13/h4-5,8H,2-3,6-7H2,1H3. The number of benzene rings is 1. The third kappa shape index (κ3) is 1.98. The molecule has 1 aromatic rings. The SMILES string of the molecule is Cc1ccc(C2(N=C=O)CCCC2)c(Br)c1. The summed E-state index contributed by atoms with van der Waals surface area (Å²) in [5.41, 5.74) is 2.01. The summed E-state index contributed by atoms with van der Waals surface area (Å²) in [7, 11) is 0. The molecule has 2 nitrogen and oxygen atoms in total. The fourth-order valence-corrected chi connectivity index (χ4v) is 3.35. The van der Waals surface area contributed by atoms with Gasteiger partial charge in [-0.25, -0.2) is 4.79 Å². The molecule has 0 radical (unpaired) electrons. The number of rotatable bonds is 2. The topological polar surface area (TPSA) is 29.4 Å². The van der Waals surface area contributed by atoms with Crippen LogP contribution in [0, 0.1) is 6.92 Å². The molecule has 1 aliphatic carbocycles. The minimum Gasteiger partial charge on any atom is -0.211 e. The van der Waals surface area contributed by atoms with E-state index in [2.05, 4.69) is 46.0 Å². The summed E-state index contributed by atoms with van der Waals surface area (Å²) in [6, 6.07) is 6.22. The molecule has 0 spiro atoms. The lowest BCUT2D eigenvalue weighted by atomic mass is 9.88. The second-order valence-electron chi connectivity index (χ2n) is 4.43. The Kier molecular flexibility index (Phi) is 3.27. The summed E-state index contributed by atoms with van der Waals surface area (Å²) >= 11 is 3.57. The van der Waals surface area contributed by atoms with Crippen molar-refractivity contribution in [2.45, 2.75) is 38.1 Å². The zero-order valence-electron chi connectivity index (χ0n) is 9.29. The lowest BCUT2D eigenvalue weighted by molar-refractivity contribution is 0.454. The minimum absolute atomic E-state index is 0.325. The van der Waals surface area contributed by atoms with Gasteiger partial charge in [-0.15, -0.1) is 0 Å². The average molecular weight is 280 g/mol. The Morgan fingerprint density at radius 3 is 2.62 bits per heavy atom. The number of nitrogens with zero attached hydrogens (tertiary/aromatic N) is 1. The van der Waals surface area contributed by atoms with E-state index in [4.69, 9.17) is 0 Å². The van der Waals surface area contributed by atoms with Gasteiger partial charge < -0.3 is 0 Å². The van der Waals surface area contributed by atoms with Crippen molar-refractivity contribution in [2.75, 3.05) is 0 Å². The molecule has 1 aromatic carbocycles. The van der Waals surface area contributed by atoms with Gasteiger partial charge in [-0.05, 0) is 37.0 Å². The van der Waals surface area contributed by atoms with Crippen molar-refractivity contribution in [1.29, 1.82) is 0 Å². The van der Waals surface area contributed by atoms with Crippen LogP contribution in [-0.2, 0) is 10.3 Å². The number of aryl methyl sites for hydroxylation is 1. The van der Waals surface area contributed by atoms with Gasteiger partial charge in [-0.2, -0.15) is 4.99 Å². The Bertz CT molecular complexity index is 443. The molecule has 16 heavy (non-hydrogen) atoms. The van der Waals surface area contributed by atoms with Crippen LogP contribution < -0.4 is 0 Å². The van der Waals surface area contributed by atoms with Crippen molar-refractivity contribution in [3.05, 3.63) is 33.8 Å². The molecule has 84 valence electrons. The maximum Gasteiger partial charge on any atom is 0.235 e. The summed E-state index contributed by atoms with van der Waals surface area (Å²) in [6.45, 7) is 2.05. The van der Waals surface area contributed by atoms with Crippen LogP contribution in [-0.4, -0.2) is 6.08 Å². The van der Waals surface area contributed by atoms with Crippen LogP contribution in [0.2, 0.25) is 0 Å². The summed E-state index contributed by atoms with van der Waals surface area (Å²) in [4.78, 5) is 14.7. The van der Waals surface area contributed by atoms with Crippen molar-refractivity contribution in [1.82, 2.24) is 0 Å². The summed E-state index contributed by atoms with van der Waals surface area (Å²) in [5, 5.41) is 0. The highest BCUT2D eigenvalue weighted by atomic mass is 79.9. The van der Waals surface area contributed by atoms with Gasteiger partial charge in [-0.3, -0.25) is 0 Å². The van der Waals surface area contributed by atoms with E-state index < -0.39 is 0 Å². The predicted molar refractivity (Wildman–Crippen MR) is 67.1 cm³/mol. The van der Waals surface area contributed by atoms with E-state index in [1.807, 2.05) is 0 Å². The zero-order valence-corrected chi connectivity index (χ0v) is 10.9. The van der Waals surface area contributed by atoms with Gasteiger partial charge in [-0.1, -0.05) is 40.9 Å². The molecule has 0 amide bonds. The molecule has 0 aromatic heterocycles. The maximum absolute atomic E-state index is 10.6. The molecule has 0 N–H and O–H groups in total. The normalized spacial score (nSPS) is 18.1. The lowest BCUT2D eigenvalue weighted by Crippen LogP contribution is -2.19. The molecule has 0 heterocycles. The van der Waals surface area contributed by atoms with Crippen LogP contribution in [0.25, 0.3) is 0 Å². The second-order valence-corrected chi connectivity index (χ2v) is 5.28. The van der Waals surface area contributed by atoms with Crippen LogP contribution in [0.4, 0.5) is 0 Å². The van der Waals surface area contributed by atoms with Crippen molar-refractivity contribution in [3.63, 3.8) is 0 Å². The Morgan fingerprint density at radius 2 is 2.06 bits per heavy atom. The number of aliphatic imine (C=N–C) groups is 1. The van der Waals surface area contributed by atoms with Crippen molar-refractivity contribution >= 4 is 22.0 Å². The van der Waals surface area contributed by atoms with Gasteiger partial charge >= 0.3 is 0 Å². The monoisotopic (exact) mass is 279 g/mol. The van der Waals surface area contributed by atoms with Crippen LogP contribution >= 0.6 is 15.9 Å². The van der Waals surface area contributed by atoms with Gasteiger partial charge in [0.05, 0.1) is 5.54 Å². The van der Waals surface area contributed by atoms with Gasteiger partial charge in [0.25, 0.3) is 0 Å². The molecule has 1 aliphatic rings. The molecule has 3 heteroatoms. The second kappa shape index (κ2) is 4.52. The van der Waals surface area contributed by atoms with Gasteiger partial charge in [0.2, 0.25) is 6.08 Å². The van der Waals surface area contributed by atoms with E-state index in [0.29, 0.717) is 0 Å². The maximum atomic E-state index is 10.6. The third-order valence-corrected chi connectivity index (χ3v) is 3.97. The molecule has 1 saturated carbocycles. The Morgan fingerprint density at radius 1 is 1.38 bits per heavy atom. The Balaban J connectivity index is 2.51. The molecule has 0 saturated heterocycles. The third-order valence-electron chi connectivity index (χ3n) is 3.32. The molecule has 1 fully saturated rings. The number of hydrogen-bond donors (Lipinski definition) is 0. The molecule has 0 bridgehead atoms. The van der Waals surface area contributed by atoms with E-state index >= 15 is 0 Å². The van der Waals surface area contributed by atoms with Crippen LogP contribution in [0.5, 0.6) is 0 Å². The first-order chi connectivity index (χ1) is 7.68. The first-order valence-corrected chi connectivity index (χ1v) is 6.33. The van der Waals surface area contributed by atoms with Gasteiger partial charge in [0, 0.05) is 4.47 Å². The zero-order chi connectivity index (χ0) is 11.6. The molecular weight excluding hydrogens is 266 g/mol. The molecule has 0 atom stereocenters. The van der Waals surface area contributed by atoms with Crippen molar-refractivity contribution in [3.8, 4) is 0 Å². The number of hydrogen-bond acceptors (Lipinski definition) is 2. The highest BCUT2D eigenvalue weighted by Crippen LogP contribution is 2.44. The fraction of sp³-hybridized carbons (Fsp3) is 0.462. The fourth-order valence-electron chi connectivity index (χ4n) is 2.49. The highest BCUT2D eigenvalue weighted by Gasteiger charge is 2.36. The van der Waals surface area contributed by atoms with Crippen molar-refractivity contribution < 1.29 is 4.79 Å². The van der Waals surface area contributed by atoms with E-state index in [0.717, 1.165) is 35.7 Å². The Hall–Kier alpha value is -0.920. The number of carbonyl (C=O) groups excluding carboxylic acids is 1. The minimum atomic E-state index is -0.325. The average Bonchev–Trinajstić information content (AvgIpc) is 2.67. The number of isocyanates is 1. The first-order valence-electron chi connectivity index (χ1n) is 5.54. The Labute approximate surface area is 104 Å². The number of halogens is 1. The van der Waals surface area contributed by atoms with Crippen LogP contribution in [0.15, 0.2) is 27.7 Å². The summed E-state index contributed by atoms with van der Waals surface area (Å²) < 4.78 is 1.05. The largest absolute Gasteiger partial charge is 0.235 e. The van der Waals surface area contributed by atoms with Crippen LogP contribution in [0.3, 0.4) is 0 Å². The molecule has 0 unspecified atom stereocenters. The van der Waals surface area contributed by atoms with E-state index in [1.54, 1.807) is 6.08 Å². The smallest absolute Gasteiger partial charge is 0.211 e. The van der Waals surface area contributed by atoms with Crippen molar-refractivity contribution in [2.24, 2.45) is 4.99 Å². The lowest BCUT2D eigenvalue weighted by Gasteiger charge is -2.24. The quantitative estimate of drug-likeness (QED) is 0.597. The first kappa shape index (κ1) is 11.6. The molecule has 2 rings (SSSR count). The highest BCUT2D eigenvalue weighted by molar-refractivity contribution is 9.10. The predicted octanol–water partition coefficient (Wildman–Crippen LogP) is 3.86. The molecular formula is C13H14BrNO. The summed E-state index contributed by atoms with van der Waals surface area (Å²) in [5.74, 6) is 0. The van der Waals surface area contributed by atoms with Crippen LogP contribution in [0.1, 0.15) is 36.8 Å². The summed E-state index contributed by atoms with van der Waals surface area (Å²) in [6.07, 6.45) is 5.90. The van der Waals surface area contributed by atoms with E-state index in [-0.39, 0.29) is 5.54 Å². The van der Waals surface area contributed by atoms with Gasteiger partial charge in [0.1, 0.15) is 0 Å². The van der Waals surface area contributed by atoms with Gasteiger partial charge in [0.15, 0.2) is 0 Å². The molecule has 0 aliphatic heterocycles. The van der Waals surface area contributed by atoms with E-state index in [9.17, 15) is 4.79 Å².